The van der Waals surface area contributed by atoms with Gasteiger partial charge in [0.2, 0.25) is 0 Å². The lowest BCUT2D eigenvalue weighted by molar-refractivity contribution is -0.152. The van der Waals surface area contributed by atoms with Crippen LogP contribution in [0.1, 0.15) is 25.0 Å². The SMILES string of the molecule is CCc1ccc(NC(=O)[C@H](C)OC(=O)Cc2ccc(OC)c(F)c2)cc1. The number of methoxy groups -OCH3 is 1. The maximum Gasteiger partial charge on any atom is 0.311 e. The lowest BCUT2D eigenvalue weighted by atomic mass is 10.1. The monoisotopic (exact) mass is 359 g/mol. The fourth-order valence-electron chi connectivity index (χ4n) is 2.35. The number of rotatable bonds is 7. The average molecular weight is 359 g/mol. The van der Waals surface area contributed by atoms with Gasteiger partial charge in [-0.2, -0.15) is 0 Å². The Morgan fingerprint density at radius 3 is 2.35 bits per heavy atom. The van der Waals surface area contributed by atoms with Crippen LogP contribution >= 0.6 is 0 Å². The average Bonchev–Trinajstić information content (AvgIpc) is 2.62. The minimum Gasteiger partial charge on any atom is -0.494 e. The zero-order chi connectivity index (χ0) is 19.1. The van der Waals surface area contributed by atoms with Gasteiger partial charge in [0, 0.05) is 5.69 Å². The summed E-state index contributed by atoms with van der Waals surface area (Å²) < 4.78 is 23.6. The Kier molecular flexibility index (Phi) is 6.72. The summed E-state index contributed by atoms with van der Waals surface area (Å²) in [7, 11) is 1.36. The standard InChI is InChI=1S/C20H22FNO4/c1-4-14-5-8-16(9-6-14)22-20(24)13(2)26-19(23)12-15-7-10-18(25-3)17(21)11-15/h5-11,13H,4,12H2,1-3H3,(H,22,24)/t13-/m0/s1. The minimum atomic E-state index is -0.962. The zero-order valence-electron chi connectivity index (χ0n) is 15.0. The van der Waals surface area contributed by atoms with Gasteiger partial charge in [-0.1, -0.05) is 25.1 Å². The molecule has 0 saturated carbocycles. The highest BCUT2D eigenvalue weighted by atomic mass is 19.1. The lowest BCUT2D eigenvalue weighted by Gasteiger charge is -2.14. The number of benzene rings is 2. The van der Waals surface area contributed by atoms with Gasteiger partial charge in [-0.15, -0.1) is 0 Å². The van der Waals surface area contributed by atoms with E-state index in [1.807, 2.05) is 19.1 Å². The lowest BCUT2D eigenvalue weighted by Crippen LogP contribution is -2.30. The molecule has 0 aliphatic carbocycles. The van der Waals surface area contributed by atoms with Crippen molar-refractivity contribution in [3.05, 3.63) is 59.4 Å². The number of carbonyl (C=O) groups excluding carboxylic acids is 2. The number of hydrogen-bond donors (Lipinski definition) is 1. The molecule has 26 heavy (non-hydrogen) atoms. The van der Waals surface area contributed by atoms with Crippen molar-refractivity contribution in [3.8, 4) is 5.75 Å². The number of amides is 1. The number of halogens is 1. The van der Waals surface area contributed by atoms with Gasteiger partial charge >= 0.3 is 5.97 Å². The molecule has 1 atom stereocenters. The Hall–Kier alpha value is -2.89. The third-order valence-electron chi connectivity index (χ3n) is 3.87. The van der Waals surface area contributed by atoms with Crippen molar-refractivity contribution in [1.29, 1.82) is 0 Å². The summed E-state index contributed by atoms with van der Waals surface area (Å²) in [5, 5.41) is 2.69. The Labute approximate surface area is 152 Å². The Morgan fingerprint density at radius 2 is 1.77 bits per heavy atom. The molecule has 0 heterocycles. The van der Waals surface area contributed by atoms with E-state index in [2.05, 4.69) is 5.32 Å². The van der Waals surface area contributed by atoms with E-state index in [0.29, 0.717) is 11.3 Å². The topological polar surface area (TPSA) is 64.6 Å². The second kappa shape index (κ2) is 8.99. The van der Waals surface area contributed by atoms with Crippen LogP contribution in [0.15, 0.2) is 42.5 Å². The van der Waals surface area contributed by atoms with Crippen LogP contribution in [-0.4, -0.2) is 25.1 Å². The van der Waals surface area contributed by atoms with Gasteiger partial charge in [0.15, 0.2) is 17.7 Å². The van der Waals surface area contributed by atoms with Crippen molar-refractivity contribution in [3.63, 3.8) is 0 Å². The largest absolute Gasteiger partial charge is 0.494 e. The molecule has 1 amide bonds. The molecule has 2 aromatic rings. The quantitative estimate of drug-likeness (QED) is 0.769. The third-order valence-corrected chi connectivity index (χ3v) is 3.87. The predicted octanol–water partition coefficient (Wildman–Crippen LogP) is 3.51. The summed E-state index contributed by atoms with van der Waals surface area (Å²) in [5.74, 6) is -1.50. The molecule has 0 aliphatic heterocycles. The molecule has 5 nitrogen and oxygen atoms in total. The molecule has 0 unspecified atom stereocenters. The smallest absolute Gasteiger partial charge is 0.311 e. The highest BCUT2D eigenvalue weighted by Gasteiger charge is 2.18. The van der Waals surface area contributed by atoms with Crippen LogP contribution < -0.4 is 10.1 Å². The van der Waals surface area contributed by atoms with Gasteiger partial charge < -0.3 is 14.8 Å². The molecular weight excluding hydrogens is 337 g/mol. The Bertz CT molecular complexity index is 774. The van der Waals surface area contributed by atoms with E-state index in [-0.39, 0.29) is 12.2 Å². The second-order valence-electron chi connectivity index (χ2n) is 5.82. The van der Waals surface area contributed by atoms with Crippen LogP contribution in [0.3, 0.4) is 0 Å². The number of nitrogens with one attached hydrogen (secondary N) is 1. The molecule has 0 bridgehead atoms. The normalized spacial score (nSPS) is 11.5. The van der Waals surface area contributed by atoms with E-state index < -0.39 is 23.8 Å². The summed E-state index contributed by atoms with van der Waals surface area (Å²) in [4.78, 5) is 24.1. The number of anilines is 1. The first-order valence-corrected chi connectivity index (χ1v) is 8.34. The fraction of sp³-hybridized carbons (Fsp3) is 0.300. The molecule has 6 heteroatoms. The Morgan fingerprint density at radius 1 is 1.12 bits per heavy atom. The van der Waals surface area contributed by atoms with E-state index in [4.69, 9.17) is 9.47 Å². The summed E-state index contributed by atoms with van der Waals surface area (Å²) in [6.45, 7) is 3.53. The molecule has 0 saturated heterocycles. The van der Waals surface area contributed by atoms with Gasteiger partial charge in [-0.05, 0) is 48.7 Å². The van der Waals surface area contributed by atoms with Crippen LogP contribution in [0.5, 0.6) is 5.75 Å². The number of ether oxygens (including phenoxy) is 2. The third kappa shape index (κ3) is 5.31. The molecule has 0 fully saturated rings. The maximum atomic E-state index is 13.6. The van der Waals surface area contributed by atoms with Gasteiger partial charge in [-0.3, -0.25) is 9.59 Å². The van der Waals surface area contributed by atoms with Crippen molar-refractivity contribution in [2.75, 3.05) is 12.4 Å². The van der Waals surface area contributed by atoms with Crippen LogP contribution in [-0.2, 0) is 27.2 Å². The van der Waals surface area contributed by atoms with E-state index in [1.165, 1.54) is 26.2 Å². The van der Waals surface area contributed by atoms with E-state index >= 15 is 0 Å². The van der Waals surface area contributed by atoms with Crippen LogP contribution in [0.25, 0.3) is 0 Å². The number of esters is 1. The summed E-state index contributed by atoms with van der Waals surface area (Å²) in [6, 6.07) is 11.7. The first-order valence-electron chi connectivity index (χ1n) is 8.34. The first-order chi connectivity index (χ1) is 12.4. The van der Waals surface area contributed by atoms with Crippen molar-refractivity contribution in [1.82, 2.24) is 0 Å². The van der Waals surface area contributed by atoms with Gasteiger partial charge in [0.25, 0.3) is 5.91 Å². The highest BCUT2D eigenvalue weighted by molar-refractivity contribution is 5.95. The fourth-order valence-corrected chi connectivity index (χ4v) is 2.35. The van der Waals surface area contributed by atoms with Crippen molar-refractivity contribution in [2.45, 2.75) is 32.8 Å². The number of hydrogen-bond acceptors (Lipinski definition) is 4. The van der Waals surface area contributed by atoms with Crippen LogP contribution in [0, 0.1) is 5.82 Å². The number of carbonyl (C=O) groups is 2. The summed E-state index contributed by atoms with van der Waals surface area (Å²) in [5.41, 5.74) is 2.23. The van der Waals surface area contributed by atoms with Crippen molar-refractivity contribution in [2.24, 2.45) is 0 Å². The molecule has 138 valence electrons. The predicted molar refractivity (Wildman–Crippen MR) is 96.7 cm³/mol. The van der Waals surface area contributed by atoms with Crippen molar-refractivity contribution < 1.29 is 23.5 Å². The van der Waals surface area contributed by atoms with Gasteiger partial charge in [-0.25, -0.2) is 4.39 Å². The van der Waals surface area contributed by atoms with Crippen molar-refractivity contribution >= 4 is 17.6 Å². The summed E-state index contributed by atoms with van der Waals surface area (Å²) >= 11 is 0. The van der Waals surface area contributed by atoms with Crippen LogP contribution in [0.2, 0.25) is 0 Å². The second-order valence-corrected chi connectivity index (χ2v) is 5.82. The minimum absolute atomic E-state index is 0.101. The summed E-state index contributed by atoms with van der Waals surface area (Å²) in [6.07, 6.45) is -0.186. The first kappa shape index (κ1) is 19.4. The molecule has 0 radical (unpaired) electrons. The Balaban J connectivity index is 1.88. The van der Waals surface area contributed by atoms with Gasteiger partial charge in [0.05, 0.1) is 13.5 Å². The molecular formula is C20H22FNO4. The number of aryl methyl sites for hydroxylation is 1. The van der Waals surface area contributed by atoms with E-state index in [1.54, 1.807) is 18.2 Å². The van der Waals surface area contributed by atoms with Gasteiger partial charge in [0.1, 0.15) is 0 Å². The molecule has 2 aromatic carbocycles. The molecule has 0 spiro atoms. The molecule has 0 aliphatic rings. The highest BCUT2D eigenvalue weighted by Crippen LogP contribution is 2.18. The molecule has 1 N–H and O–H groups in total. The van der Waals surface area contributed by atoms with Crippen LogP contribution in [0.4, 0.5) is 10.1 Å². The van der Waals surface area contributed by atoms with E-state index in [0.717, 1.165) is 12.0 Å². The maximum absolute atomic E-state index is 13.6. The zero-order valence-corrected chi connectivity index (χ0v) is 15.0. The van der Waals surface area contributed by atoms with E-state index in [9.17, 15) is 14.0 Å². The molecule has 2 rings (SSSR count). The molecule has 0 aromatic heterocycles.